The molecule has 1 saturated carbocycles. The van der Waals surface area contributed by atoms with E-state index in [1.807, 2.05) is 0 Å². The molecule has 0 spiro atoms. The van der Waals surface area contributed by atoms with Crippen LogP contribution < -0.4 is 5.32 Å². The molecule has 1 aliphatic rings. The molecular weight excluding hydrogens is 318 g/mol. The number of benzene rings is 2. The Balaban J connectivity index is 1.85. The van der Waals surface area contributed by atoms with Crippen LogP contribution in [0.2, 0.25) is 0 Å². The SMILES string of the molecule is CCNc1ccc(/C=C2\CC(C)C/C(=C\c3ccc(C)cc3)C2=O)cc1. The first kappa shape index (κ1) is 18.2. The molecule has 0 aromatic heterocycles. The molecule has 2 nitrogen and oxygen atoms in total. The Hall–Kier alpha value is -2.61. The van der Waals surface area contributed by atoms with Gasteiger partial charge in [0.1, 0.15) is 0 Å². The number of nitrogens with one attached hydrogen (secondary N) is 1. The molecule has 26 heavy (non-hydrogen) atoms. The predicted molar refractivity (Wildman–Crippen MR) is 111 cm³/mol. The summed E-state index contributed by atoms with van der Waals surface area (Å²) in [5, 5.41) is 3.30. The molecule has 0 aliphatic heterocycles. The molecule has 2 aromatic carbocycles. The van der Waals surface area contributed by atoms with Gasteiger partial charge in [0.15, 0.2) is 5.78 Å². The Bertz CT molecular complexity index is 826. The first-order valence-electron chi connectivity index (χ1n) is 9.41. The molecule has 1 aliphatic carbocycles. The third-order valence-corrected chi connectivity index (χ3v) is 4.77. The van der Waals surface area contributed by atoms with Crippen LogP contribution in [0.3, 0.4) is 0 Å². The number of carbonyl (C=O) groups excluding carboxylic acids is 1. The van der Waals surface area contributed by atoms with E-state index in [4.69, 9.17) is 0 Å². The second kappa shape index (κ2) is 8.18. The third-order valence-electron chi connectivity index (χ3n) is 4.77. The zero-order chi connectivity index (χ0) is 18.5. The minimum Gasteiger partial charge on any atom is -0.385 e. The molecule has 1 fully saturated rings. The largest absolute Gasteiger partial charge is 0.385 e. The van der Waals surface area contributed by atoms with E-state index in [1.165, 1.54) is 5.56 Å². The highest BCUT2D eigenvalue weighted by molar-refractivity contribution is 6.14. The van der Waals surface area contributed by atoms with Crippen LogP contribution >= 0.6 is 0 Å². The maximum Gasteiger partial charge on any atom is 0.185 e. The maximum atomic E-state index is 13.0. The standard InChI is InChI=1S/C24H27NO/c1-4-25-23-11-9-20(10-12-23)16-22-14-18(3)13-21(24(22)26)15-19-7-5-17(2)6-8-19/h5-12,15-16,18,25H,4,13-14H2,1-3H3/b21-15+,22-16+. The van der Waals surface area contributed by atoms with Crippen molar-refractivity contribution in [3.05, 3.63) is 76.4 Å². The van der Waals surface area contributed by atoms with E-state index in [1.54, 1.807) is 0 Å². The van der Waals surface area contributed by atoms with Crippen molar-refractivity contribution in [2.24, 2.45) is 5.92 Å². The van der Waals surface area contributed by atoms with Gasteiger partial charge in [-0.25, -0.2) is 0 Å². The fourth-order valence-electron chi connectivity index (χ4n) is 3.43. The summed E-state index contributed by atoms with van der Waals surface area (Å²) in [5.41, 5.74) is 6.36. The second-order valence-corrected chi connectivity index (χ2v) is 7.24. The lowest BCUT2D eigenvalue weighted by Gasteiger charge is -2.22. The summed E-state index contributed by atoms with van der Waals surface area (Å²) >= 11 is 0. The van der Waals surface area contributed by atoms with Crippen LogP contribution in [-0.4, -0.2) is 12.3 Å². The van der Waals surface area contributed by atoms with E-state index in [2.05, 4.69) is 86.8 Å². The number of aryl methyl sites for hydroxylation is 1. The molecule has 1 unspecified atom stereocenters. The topological polar surface area (TPSA) is 29.1 Å². The van der Waals surface area contributed by atoms with Crippen molar-refractivity contribution in [1.82, 2.24) is 0 Å². The molecule has 2 aromatic rings. The first-order valence-corrected chi connectivity index (χ1v) is 9.41. The van der Waals surface area contributed by atoms with E-state index >= 15 is 0 Å². The quantitative estimate of drug-likeness (QED) is 0.700. The molecule has 0 amide bonds. The summed E-state index contributed by atoms with van der Waals surface area (Å²) in [6.45, 7) is 7.29. The van der Waals surface area contributed by atoms with Gasteiger partial charge < -0.3 is 5.32 Å². The molecule has 0 bridgehead atoms. The van der Waals surface area contributed by atoms with Crippen LogP contribution in [0.25, 0.3) is 12.2 Å². The molecule has 2 heteroatoms. The van der Waals surface area contributed by atoms with Crippen molar-refractivity contribution < 1.29 is 4.79 Å². The Labute approximate surface area is 156 Å². The van der Waals surface area contributed by atoms with Gasteiger partial charge >= 0.3 is 0 Å². The van der Waals surface area contributed by atoms with Gasteiger partial charge in [-0.15, -0.1) is 0 Å². The molecule has 0 saturated heterocycles. The number of hydrogen-bond donors (Lipinski definition) is 1. The Kier molecular flexibility index (Phi) is 5.72. The van der Waals surface area contributed by atoms with Crippen molar-refractivity contribution >= 4 is 23.6 Å². The van der Waals surface area contributed by atoms with Gasteiger partial charge in [0, 0.05) is 23.4 Å². The van der Waals surface area contributed by atoms with Crippen LogP contribution in [-0.2, 0) is 4.79 Å². The Morgan fingerprint density at radius 1 is 0.923 bits per heavy atom. The van der Waals surface area contributed by atoms with Gasteiger partial charge in [-0.05, 0) is 68.0 Å². The van der Waals surface area contributed by atoms with E-state index in [0.29, 0.717) is 5.92 Å². The summed E-state index contributed by atoms with van der Waals surface area (Å²) in [4.78, 5) is 13.0. The minimum atomic E-state index is 0.194. The highest BCUT2D eigenvalue weighted by atomic mass is 16.1. The van der Waals surface area contributed by atoms with Crippen molar-refractivity contribution in [3.8, 4) is 0 Å². The van der Waals surface area contributed by atoms with Crippen LogP contribution in [0.4, 0.5) is 5.69 Å². The molecular formula is C24H27NO. The summed E-state index contributed by atoms with van der Waals surface area (Å²) < 4.78 is 0. The number of carbonyl (C=O) groups is 1. The fourth-order valence-corrected chi connectivity index (χ4v) is 3.43. The maximum absolute atomic E-state index is 13.0. The zero-order valence-electron chi connectivity index (χ0n) is 15.9. The van der Waals surface area contributed by atoms with Crippen LogP contribution in [0, 0.1) is 12.8 Å². The van der Waals surface area contributed by atoms with Crippen molar-refractivity contribution in [1.29, 1.82) is 0 Å². The van der Waals surface area contributed by atoms with Crippen LogP contribution in [0.15, 0.2) is 59.7 Å². The number of Topliss-reactive ketones (excluding diaryl/α,β-unsaturated/α-hetero) is 1. The van der Waals surface area contributed by atoms with Gasteiger partial charge in [-0.3, -0.25) is 4.79 Å². The average molecular weight is 345 g/mol. The zero-order valence-corrected chi connectivity index (χ0v) is 15.9. The number of ketones is 1. The van der Waals surface area contributed by atoms with E-state index in [-0.39, 0.29) is 5.78 Å². The average Bonchev–Trinajstić information content (AvgIpc) is 2.63. The van der Waals surface area contributed by atoms with Crippen molar-refractivity contribution in [2.45, 2.75) is 33.6 Å². The minimum absolute atomic E-state index is 0.194. The van der Waals surface area contributed by atoms with Crippen LogP contribution in [0.5, 0.6) is 0 Å². The summed E-state index contributed by atoms with van der Waals surface area (Å²) in [6.07, 6.45) is 5.80. The number of hydrogen-bond acceptors (Lipinski definition) is 2. The van der Waals surface area contributed by atoms with Gasteiger partial charge in [-0.1, -0.05) is 48.9 Å². The summed E-state index contributed by atoms with van der Waals surface area (Å²) in [5.74, 6) is 0.677. The van der Waals surface area contributed by atoms with Gasteiger partial charge in [-0.2, -0.15) is 0 Å². The van der Waals surface area contributed by atoms with E-state index in [0.717, 1.165) is 47.3 Å². The second-order valence-electron chi connectivity index (χ2n) is 7.24. The molecule has 3 rings (SSSR count). The van der Waals surface area contributed by atoms with Gasteiger partial charge in [0.2, 0.25) is 0 Å². The van der Waals surface area contributed by atoms with Gasteiger partial charge in [0.05, 0.1) is 0 Å². The normalized spacial score (nSPS) is 20.6. The first-order chi connectivity index (χ1) is 12.5. The Morgan fingerprint density at radius 2 is 1.42 bits per heavy atom. The number of allylic oxidation sites excluding steroid dienone is 2. The third kappa shape index (κ3) is 4.51. The number of rotatable bonds is 4. The molecule has 0 radical (unpaired) electrons. The molecule has 1 N–H and O–H groups in total. The lowest BCUT2D eigenvalue weighted by atomic mass is 9.81. The summed E-state index contributed by atoms with van der Waals surface area (Å²) in [6, 6.07) is 16.6. The highest BCUT2D eigenvalue weighted by Crippen LogP contribution is 2.32. The molecule has 0 heterocycles. The Morgan fingerprint density at radius 3 is 1.92 bits per heavy atom. The molecule has 134 valence electrons. The van der Waals surface area contributed by atoms with Crippen molar-refractivity contribution in [3.63, 3.8) is 0 Å². The van der Waals surface area contributed by atoms with E-state index < -0.39 is 0 Å². The highest BCUT2D eigenvalue weighted by Gasteiger charge is 2.25. The van der Waals surface area contributed by atoms with Gasteiger partial charge in [0.25, 0.3) is 0 Å². The molecule has 1 atom stereocenters. The van der Waals surface area contributed by atoms with Crippen molar-refractivity contribution in [2.75, 3.05) is 11.9 Å². The lowest BCUT2D eigenvalue weighted by Crippen LogP contribution is -2.18. The predicted octanol–water partition coefficient (Wildman–Crippen LogP) is 5.89. The smallest absolute Gasteiger partial charge is 0.185 e. The lowest BCUT2D eigenvalue weighted by molar-refractivity contribution is -0.113. The van der Waals surface area contributed by atoms with E-state index in [9.17, 15) is 4.79 Å². The fraction of sp³-hybridized carbons (Fsp3) is 0.292. The van der Waals surface area contributed by atoms with Crippen LogP contribution in [0.1, 0.15) is 43.4 Å². The monoisotopic (exact) mass is 345 g/mol. The summed E-state index contributed by atoms with van der Waals surface area (Å²) in [7, 11) is 0. The number of anilines is 1.